The molecular formula is C11H27Cl2N3O. The monoisotopic (exact) mass is 287 g/mol. The van der Waals surface area contributed by atoms with E-state index in [-0.39, 0.29) is 30.7 Å². The third-order valence-electron chi connectivity index (χ3n) is 2.47. The second kappa shape index (κ2) is 16.0. The van der Waals surface area contributed by atoms with Gasteiger partial charge in [-0.05, 0) is 33.1 Å². The highest BCUT2D eigenvalue weighted by Crippen LogP contribution is 1.89. The lowest BCUT2D eigenvalue weighted by Gasteiger charge is -2.17. The molecule has 0 rings (SSSR count). The van der Waals surface area contributed by atoms with E-state index in [0.717, 1.165) is 39.1 Å². The first kappa shape index (κ1) is 22.2. The number of carbonyl (C=O) groups excluding carboxylic acids is 1. The van der Waals surface area contributed by atoms with E-state index in [9.17, 15) is 4.79 Å². The highest BCUT2D eigenvalue weighted by atomic mass is 35.5. The van der Waals surface area contributed by atoms with Crippen molar-refractivity contribution in [3.8, 4) is 0 Å². The average Bonchev–Trinajstić information content (AvgIpc) is 2.26. The molecular weight excluding hydrogens is 261 g/mol. The Bertz CT molecular complexity index is 167. The summed E-state index contributed by atoms with van der Waals surface area (Å²) in [4.78, 5) is 13.6. The second-order valence-corrected chi connectivity index (χ2v) is 3.58. The van der Waals surface area contributed by atoms with E-state index < -0.39 is 0 Å². The molecule has 0 heterocycles. The number of nitrogens with zero attached hydrogens (tertiary/aromatic N) is 1. The number of halogens is 2. The molecule has 0 spiro atoms. The van der Waals surface area contributed by atoms with Crippen LogP contribution < -0.4 is 10.6 Å². The van der Waals surface area contributed by atoms with E-state index in [0.29, 0.717) is 6.42 Å². The standard InChI is InChI=1S/C11H25N3O.2ClH/c1-4-14(5-2)10-6-8-13-11(15)7-9-12-3;;/h12H,4-10H2,1-3H3,(H,13,15);2*1H. The van der Waals surface area contributed by atoms with Crippen LogP contribution in [0, 0.1) is 0 Å². The van der Waals surface area contributed by atoms with Gasteiger partial charge in [0.2, 0.25) is 5.91 Å². The molecule has 0 unspecified atom stereocenters. The number of amides is 1. The third-order valence-corrected chi connectivity index (χ3v) is 2.47. The lowest BCUT2D eigenvalue weighted by Crippen LogP contribution is -2.31. The van der Waals surface area contributed by atoms with E-state index in [1.165, 1.54) is 0 Å². The van der Waals surface area contributed by atoms with Gasteiger partial charge in [0, 0.05) is 19.5 Å². The van der Waals surface area contributed by atoms with Crippen LogP contribution in [0.15, 0.2) is 0 Å². The fourth-order valence-electron chi connectivity index (χ4n) is 1.40. The van der Waals surface area contributed by atoms with Gasteiger partial charge in [-0.15, -0.1) is 24.8 Å². The Labute approximate surface area is 118 Å². The van der Waals surface area contributed by atoms with Crippen LogP contribution in [0.1, 0.15) is 26.7 Å². The van der Waals surface area contributed by atoms with Crippen molar-refractivity contribution < 1.29 is 4.79 Å². The van der Waals surface area contributed by atoms with Gasteiger partial charge in [-0.3, -0.25) is 4.79 Å². The number of hydrogen-bond acceptors (Lipinski definition) is 3. The Morgan fingerprint density at radius 2 is 1.71 bits per heavy atom. The first-order chi connectivity index (χ1) is 7.24. The van der Waals surface area contributed by atoms with E-state index in [4.69, 9.17) is 0 Å². The van der Waals surface area contributed by atoms with Crippen molar-refractivity contribution in [2.24, 2.45) is 0 Å². The largest absolute Gasteiger partial charge is 0.356 e. The molecule has 0 saturated carbocycles. The molecule has 0 fully saturated rings. The van der Waals surface area contributed by atoms with Crippen LogP contribution in [0.3, 0.4) is 0 Å². The van der Waals surface area contributed by atoms with Crippen molar-refractivity contribution >= 4 is 30.7 Å². The van der Waals surface area contributed by atoms with E-state index in [1.54, 1.807) is 0 Å². The summed E-state index contributed by atoms with van der Waals surface area (Å²) in [6.07, 6.45) is 1.61. The molecule has 1 amide bonds. The van der Waals surface area contributed by atoms with Gasteiger partial charge in [0.25, 0.3) is 0 Å². The molecule has 4 nitrogen and oxygen atoms in total. The summed E-state index contributed by atoms with van der Waals surface area (Å²) in [5, 5.41) is 5.87. The van der Waals surface area contributed by atoms with Gasteiger partial charge < -0.3 is 15.5 Å². The van der Waals surface area contributed by atoms with E-state index >= 15 is 0 Å². The Balaban J connectivity index is -0.000000980. The summed E-state index contributed by atoms with van der Waals surface area (Å²) < 4.78 is 0. The molecule has 0 radical (unpaired) electrons. The second-order valence-electron chi connectivity index (χ2n) is 3.58. The fourth-order valence-corrected chi connectivity index (χ4v) is 1.40. The van der Waals surface area contributed by atoms with Gasteiger partial charge in [0.05, 0.1) is 0 Å². The third kappa shape index (κ3) is 13.9. The molecule has 0 aromatic carbocycles. The molecule has 0 aliphatic carbocycles. The Morgan fingerprint density at radius 1 is 1.12 bits per heavy atom. The van der Waals surface area contributed by atoms with E-state index in [2.05, 4.69) is 29.4 Å². The predicted molar refractivity (Wildman–Crippen MR) is 78.5 cm³/mol. The van der Waals surface area contributed by atoms with Crippen molar-refractivity contribution in [3.05, 3.63) is 0 Å². The van der Waals surface area contributed by atoms with Crippen LogP contribution in [0.25, 0.3) is 0 Å². The minimum atomic E-state index is 0. The molecule has 106 valence electrons. The van der Waals surface area contributed by atoms with Crippen molar-refractivity contribution in [1.29, 1.82) is 0 Å². The van der Waals surface area contributed by atoms with Crippen LogP contribution in [0.5, 0.6) is 0 Å². The molecule has 0 aliphatic heterocycles. The summed E-state index contributed by atoms with van der Waals surface area (Å²) in [5.74, 6) is 0.142. The van der Waals surface area contributed by atoms with Crippen molar-refractivity contribution in [1.82, 2.24) is 15.5 Å². The summed E-state index contributed by atoms with van der Waals surface area (Å²) in [7, 11) is 1.85. The zero-order valence-electron chi connectivity index (χ0n) is 11.1. The normalized spacial score (nSPS) is 9.41. The van der Waals surface area contributed by atoms with Crippen LogP contribution in [-0.2, 0) is 4.79 Å². The lowest BCUT2D eigenvalue weighted by molar-refractivity contribution is -0.120. The molecule has 0 aromatic rings. The highest BCUT2D eigenvalue weighted by molar-refractivity contribution is 5.85. The highest BCUT2D eigenvalue weighted by Gasteiger charge is 2.00. The van der Waals surface area contributed by atoms with Crippen molar-refractivity contribution in [2.45, 2.75) is 26.7 Å². The van der Waals surface area contributed by atoms with Crippen LogP contribution in [-0.4, -0.2) is 50.6 Å². The van der Waals surface area contributed by atoms with Gasteiger partial charge in [-0.25, -0.2) is 0 Å². The maximum absolute atomic E-state index is 11.2. The molecule has 0 saturated heterocycles. The summed E-state index contributed by atoms with van der Waals surface area (Å²) in [6, 6.07) is 0. The molecule has 0 atom stereocenters. The molecule has 2 N–H and O–H groups in total. The van der Waals surface area contributed by atoms with Crippen LogP contribution in [0.4, 0.5) is 0 Å². The lowest BCUT2D eigenvalue weighted by atomic mass is 10.3. The van der Waals surface area contributed by atoms with Gasteiger partial charge >= 0.3 is 0 Å². The van der Waals surface area contributed by atoms with Gasteiger partial charge in [0.15, 0.2) is 0 Å². The summed E-state index contributed by atoms with van der Waals surface area (Å²) in [5.41, 5.74) is 0. The molecule has 0 aliphatic rings. The zero-order chi connectivity index (χ0) is 11.5. The number of carbonyl (C=O) groups is 1. The quantitative estimate of drug-likeness (QED) is 0.628. The SMILES string of the molecule is CCN(CC)CCCNC(=O)CCNC.Cl.Cl. The summed E-state index contributed by atoms with van der Waals surface area (Å²) >= 11 is 0. The van der Waals surface area contributed by atoms with E-state index in [1.807, 2.05) is 7.05 Å². The molecule has 6 heteroatoms. The number of nitrogens with one attached hydrogen (secondary N) is 2. The Morgan fingerprint density at radius 3 is 2.18 bits per heavy atom. The smallest absolute Gasteiger partial charge is 0.221 e. The van der Waals surface area contributed by atoms with Crippen molar-refractivity contribution in [2.75, 3.05) is 39.8 Å². The minimum absolute atomic E-state index is 0. The van der Waals surface area contributed by atoms with Crippen molar-refractivity contribution in [3.63, 3.8) is 0 Å². The number of rotatable bonds is 9. The predicted octanol–water partition coefficient (Wildman–Crippen LogP) is 1.29. The molecule has 0 bridgehead atoms. The molecule has 0 aromatic heterocycles. The zero-order valence-corrected chi connectivity index (χ0v) is 12.8. The van der Waals surface area contributed by atoms with Gasteiger partial charge in [-0.1, -0.05) is 13.8 Å². The molecule has 17 heavy (non-hydrogen) atoms. The first-order valence-corrected chi connectivity index (χ1v) is 5.88. The first-order valence-electron chi connectivity index (χ1n) is 5.88. The van der Waals surface area contributed by atoms with Gasteiger partial charge in [-0.2, -0.15) is 0 Å². The average molecular weight is 288 g/mol. The fraction of sp³-hybridized carbons (Fsp3) is 0.909. The minimum Gasteiger partial charge on any atom is -0.356 e. The topological polar surface area (TPSA) is 44.4 Å². The van der Waals surface area contributed by atoms with Gasteiger partial charge in [0.1, 0.15) is 0 Å². The maximum atomic E-state index is 11.2. The Kier molecular flexibility index (Phi) is 20.8. The Hall–Kier alpha value is -0.0300. The summed E-state index contributed by atoms with van der Waals surface area (Å²) in [6.45, 7) is 9.11. The van der Waals surface area contributed by atoms with Crippen LogP contribution in [0.2, 0.25) is 0 Å². The maximum Gasteiger partial charge on any atom is 0.221 e. The van der Waals surface area contributed by atoms with Crippen LogP contribution >= 0.6 is 24.8 Å². The number of hydrogen-bond donors (Lipinski definition) is 2.